The average molecular weight is 343 g/mol. The Morgan fingerprint density at radius 1 is 1.20 bits per heavy atom. The Hall–Kier alpha value is -1.43. The van der Waals surface area contributed by atoms with E-state index in [1.807, 2.05) is 6.07 Å². The first-order chi connectivity index (χ1) is 12.1. The Morgan fingerprint density at radius 2 is 1.96 bits per heavy atom. The van der Waals surface area contributed by atoms with Gasteiger partial charge in [0.05, 0.1) is 13.1 Å². The molecule has 5 nitrogen and oxygen atoms in total. The summed E-state index contributed by atoms with van der Waals surface area (Å²) in [5, 5.41) is 16.1. The smallest absolute Gasteiger partial charge is 0.278 e. The summed E-state index contributed by atoms with van der Waals surface area (Å²) in [6.45, 7) is 4.24. The number of nitrogens with zero attached hydrogens (tertiary/aromatic N) is 2. The highest BCUT2D eigenvalue weighted by Gasteiger charge is 2.46. The van der Waals surface area contributed by atoms with E-state index in [9.17, 15) is 10.0 Å². The van der Waals surface area contributed by atoms with Gasteiger partial charge in [0.15, 0.2) is 6.04 Å². The predicted molar refractivity (Wildman–Crippen MR) is 97.6 cm³/mol. The Labute approximate surface area is 150 Å². The summed E-state index contributed by atoms with van der Waals surface area (Å²) in [5.74, 6) is 0.602. The maximum absolute atomic E-state index is 12.9. The zero-order valence-corrected chi connectivity index (χ0v) is 14.9. The van der Waals surface area contributed by atoms with Crippen molar-refractivity contribution in [2.75, 3.05) is 32.7 Å². The molecule has 136 valence electrons. The summed E-state index contributed by atoms with van der Waals surface area (Å²) < 4.78 is -0.271. The van der Waals surface area contributed by atoms with Crippen LogP contribution < -0.4 is 5.32 Å². The normalized spacial score (nSPS) is 35.0. The Morgan fingerprint density at radius 3 is 2.68 bits per heavy atom. The molecule has 4 aliphatic heterocycles. The molecule has 1 amide bonds. The largest absolute Gasteiger partial charge is 0.632 e. The number of rotatable bonds is 5. The molecule has 2 atom stereocenters. The highest BCUT2D eigenvalue weighted by Crippen LogP contribution is 2.37. The average Bonchev–Trinajstić information content (AvgIpc) is 3.08. The van der Waals surface area contributed by atoms with Crippen LogP contribution >= 0.6 is 0 Å². The maximum Gasteiger partial charge on any atom is 0.278 e. The quantitative estimate of drug-likeness (QED) is 0.656. The molecule has 0 radical (unpaired) electrons. The SMILES string of the molecule is O=C(NC1CCN(CCc2ccccc2)C1)[C@@H]1CC2CC[N+]1([O-])CC2. The lowest BCUT2D eigenvalue weighted by atomic mass is 9.82. The second-order valence-electron chi connectivity index (χ2n) is 8.12. The second kappa shape index (κ2) is 7.06. The molecule has 0 saturated carbocycles. The van der Waals surface area contributed by atoms with Gasteiger partial charge in [-0.05, 0) is 24.3 Å². The molecule has 1 aromatic rings. The van der Waals surface area contributed by atoms with E-state index in [2.05, 4.69) is 34.5 Å². The first-order valence-corrected chi connectivity index (χ1v) is 9.77. The molecular weight excluding hydrogens is 314 g/mol. The van der Waals surface area contributed by atoms with E-state index in [4.69, 9.17) is 0 Å². The molecule has 25 heavy (non-hydrogen) atoms. The first kappa shape index (κ1) is 17.0. The number of fused-ring (bicyclic) bond motifs is 3. The standard InChI is InChI=1S/C20H29N3O2/c24-20(19-14-17-8-12-23(19,25)13-9-17)21-18-7-11-22(15-18)10-6-16-4-2-1-3-5-16/h1-5,17-19H,6-15H2,(H,21,24)/t17?,18?,19-,23?/m0/s1. The van der Waals surface area contributed by atoms with Crippen LogP contribution in [0.5, 0.6) is 0 Å². The van der Waals surface area contributed by atoms with E-state index in [0.29, 0.717) is 19.0 Å². The van der Waals surface area contributed by atoms with Gasteiger partial charge in [0, 0.05) is 44.9 Å². The highest BCUT2D eigenvalue weighted by atomic mass is 16.5. The maximum atomic E-state index is 12.9. The number of hydrogen-bond donors (Lipinski definition) is 1. The van der Waals surface area contributed by atoms with Crippen LogP contribution in [0, 0.1) is 11.1 Å². The summed E-state index contributed by atoms with van der Waals surface area (Å²) >= 11 is 0. The summed E-state index contributed by atoms with van der Waals surface area (Å²) in [5.41, 5.74) is 1.36. The predicted octanol–water partition coefficient (Wildman–Crippen LogP) is 1.92. The minimum absolute atomic E-state index is 0.00862. The second-order valence-corrected chi connectivity index (χ2v) is 8.12. The number of hydroxylamine groups is 3. The van der Waals surface area contributed by atoms with Crippen molar-refractivity contribution in [3.63, 3.8) is 0 Å². The van der Waals surface area contributed by atoms with Crippen molar-refractivity contribution < 1.29 is 9.44 Å². The fourth-order valence-electron chi connectivity index (χ4n) is 4.82. The number of quaternary nitrogens is 1. The Kier molecular flexibility index (Phi) is 4.80. The number of nitrogens with one attached hydrogen (secondary N) is 1. The molecule has 5 heteroatoms. The third-order valence-corrected chi connectivity index (χ3v) is 6.44. The van der Waals surface area contributed by atoms with Gasteiger partial charge in [-0.1, -0.05) is 30.3 Å². The molecule has 0 aromatic heterocycles. The lowest BCUT2D eigenvalue weighted by Gasteiger charge is -2.56. The van der Waals surface area contributed by atoms with Crippen LogP contribution in [0.2, 0.25) is 0 Å². The minimum Gasteiger partial charge on any atom is -0.632 e. The van der Waals surface area contributed by atoms with Crippen molar-refractivity contribution in [2.45, 2.75) is 44.2 Å². The van der Waals surface area contributed by atoms with Crippen LogP contribution in [-0.2, 0) is 11.2 Å². The van der Waals surface area contributed by atoms with Crippen LogP contribution in [0.25, 0.3) is 0 Å². The molecule has 1 aromatic carbocycles. The van der Waals surface area contributed by atoms with Crippen molar-refractivity contribution in [2.24, 2.45) is 5.92 Å². The number of benzene rings is 1. The summed E-state index contributed by atoms with van der Waals surface area (Å²) in [6.07, 6.45) is 4.84. The van der Waals surface area contributed by atoms with Crippen LogP contribution in [-0.4, -0.2) is 60.3 Å². The third-order valence-electron chi connectivity index (χ3n) is 6.44. The highest BCUT2D eigenvalue weighted by molar-refractivity contribution is 5.81. The van der Waals surface area contributed by atoms with E-state index in [1.54, 1.807) is 0 Å². The lowest BCUT2D eigenvalue weighted by molar-refractivity contribution is -0.912. The van der Waals surface area contributed by atoms with Crippen molar-refractivity contribution in [3.05, 3.63) is 41.1 Å². The number of piperidine rings is 3. The zero-order chi connectivity index (χ0) is 17.3. The van der Waals surface area contributed by atoms with Gasteiger partial charge < -0.3 is 20.1 Å². The van der Waals surface area contributed by atoms with E-state index in [-0.39, 0.29) is 22.6 Å². The molecule has 2 bridgehead atoms. The van der Waals surface area contributed by atoms with Crippen molar-refractivity contribution in [1.29, 1.82) is 0 Å². The van der Waals surface area contributed by atoms with Crippen molar-refractivity contribution >= 4 is 5.91 Å². The van der Waals surface area contributed by atoms with Gasteiger partial charge in [-0.25, -0.2) is 0 Å². The number of carbonyl (C=O) groups is 1. The van der Waals surface area contributed by atoms with Crippen LogP contribution in [0.1, 0.15) is 31.2 Å². The number of hydrogen-bond acceptors (Lipinski definition) is 3. The van der Waals surface area contributed by atoms with Gasteiger partial charge in [-0.3, -0.25) is 4.79 Å². The fraction of sp³-hybridized carbons (Fsp3) is 0.650. The molecular formula is C20H29N3O2. The van der Waals surface area contributed by atoms with Gasteiger partial charge >= 0.3 is 0 Å². The molecule has 0 spiro atoms. The molecule has 5 rings (SSSR count). The molecule has 0 aliphatic carbocycles. The Balaban J connectivity index is 1.26. The molecule has 1 N–H and O–H groups in total. The molecule has 4 heterocycles. The van der Waals surface area contributed by atoms with E-state index < -0.39 is 0 Å². The fourth-order valence-corrected chi connectivity index (χ4v) is 4.82. The number of amides is 1. The van der Waals surface area contributed by atoms with Gasteiger partial charge in [0.1, 0.15) is 0 Å². The van der Waals surface area contributed by atoms with Gasteiger partial charge in [-0.15, -0.1) is 0 Å². The van der Waals surface area contributed by atoms with Crippen LogP contribution in [0.4, 0.5) is 0 Å². The van der Waals surface area contributed by atoms with Crippen LogP contribution in [0.3, 0.4) is 0 Å². The first-order valence-electron chi connectivity index (χ1n) is 9.77. The lowest BCUT2D eigenvalue weighted by Crippen LogP contribution is -2.65. The topological polar surface area (TPSA) is 55.4 Å². The van der Waals surface area contributed by atoms with E-state index in [1.165, 1.54) is 5.56 Å². The summed E-state index contributed by atoms with van der Waals surface area (Å²) in [4.78, 5) is 15.1. The number of likely N-dealkylation sites (tertiary alicyclic amines) is 1. The van der Waals surface area contributed by atoms with Crippen molar-refractivity contribution in [1.82, 2.24) is 10.2 Å². The molecule has 4 fully saturated rings. The van der Waals surface area contributed by atoms with Crippen molar-refractivity contribution in [3.8, 4) is 0 Å². The Bertz CT molecular complexity index is 598. The van der Waals surface area contributed by atoms with Gasteiger partial charge in [0.25, 0.3) is 5.91 Å². The zero-order valence-electron chi connectivity index (χ0n) is 14.9. The van der Waals surface area contributed by atoms with Gasteiger partial charge in [0.2, 0.25) is 0 Å². The molecule has 1 unspecified atom stereocenters. The molecule has 4 aliphatic rings. The minimum atomic E-state index is -0.356. The summed E-state index contributed by atoms with van der Waals surface area (Å²) in [7, 11) is 0. The van der Waals surface area contributed by atoms with E-state index in [0.717, 1.165) is 51.7 Å². The summed E-state index contributed by atoms with van der Waals surface area (Å²) in [6, 6.07) is 10.4. The van der Waals surface area contributed by atoms with E-state index >= 15 is 0 Å². The monoisotopic (exact) mass is 343 g/mol. The third kappa shape index (κ3) is 3.73. The van der Waals surface area contributed by atoms with Gasteiger partial charge in [-0.2, -0.15) is 0 Å². The molecule has 4 saturated heterocycles. The number of carbonyl (C=O) groups excluding carboxylic acids is 1. The van der Waals surface area contributed by atoms with Crippen LogP contribution in [0.15, 0.2) is 30.3 Å².